The minimum Gasteiger partial charge on any atom is -0.489 e. The van der Waals surface area contributed by atoms with Crippen LogP contribution in [-0.2, 0) is 6.61 Å². The molecule has 17 heavy (non-hydrogen) atoms. The van der Waals surface area contributed by atoms with Gasteiger partial charge in [-0.1, -0.05) is 45.2 Å². The molecule has 0 heterocycles. The Morgan fingerprint density at radius 2 is 1.53 bits per heavy atom. The van der Waals surface area contributed by atoms with Crippen molar-refractivity contribution in [2.24, 2.45) is 0 Å². The van der Waals surface area contributed by atoms with Crippen LogP contribution in [0.2, 0.25) is 10.0 Å². The molecular formula is C13H9BrCl2O. The summed E-state index contributed by atoms with van der Waals surface area (Å²) in [6.07, 6.45) is 0. The molecule has 0 bridgehead atoms. The van der Waals surface area contributed by atoms with E-state index in [-0.39, 0.29) is 0 Å². The third-order valence-corrected chi connectivity index (χ3v) is 3.50. The van der Waals surface area contributed by atoms with Crippen LogP contribution < -0.4 is 4.74 Å². The van der Waals surface area contributed by atoms with Crippen LogP contribution in [0.15, 0.2) is 46.9 Å². The maximum Gasteiger partial charge on any atom is 0.119 e. The molecule has 0 amide bonds. The molecule has 0 saturated heterocycles. The molecule has 2 aromatic carbocycles. The number of benzene rings is 2. The van der Waals surface area contributed by atoms with Gasteiger partial charge in [0.25, 0.3) is 0 Å². The summed E-state index contributed by atoms with van der Waals surface area (Å²) >= 11 is 15.5. The molecule has 0 aromatic heterocycles. The van der Waals surface area contributed by atoms with Crippen molar-refractivity contribution in [1.82, 2.24) is 0 Å². The molecule has 88 valence electrons. The van der Waals surface area contributed by atoms with Crippen molar-refractivity contribution in [2.45, 2.75) is 6.61 Å². The highest BCUT2D eigenvalue weighted by atomic mass is 79.9. The molecule has 0 spiro atoms. The van der Waals surface area contributed by atoms with Gasteiger partial charge in [-0.25, -0.2) is 0 Å². The maximum absolute atomic E-state index is 6.05. The van der Waals surface area contributed by atoms with Gasteiger partial charge in [-0.15, -0.1) is 0 Å². The van der Waals surface area contributed by atoms with E-state index in [4.69, 9.17) is 27.9 Å². The normalized spacial score (nSPS) is 10.3. The minimum atomic E-state index is 0.361. The third kappa shape index (κ3) is 3.38. The Morgan fingerprint density at radius 1 is 0.941 bits per heavy atom. The van der Waals surface area contributed by atoms with Crippen molar-refractivity contribution in [2.75, 3.05) is 0 Å². The lowest BCUT2D eigenvalue weighted by atomic mass is 10.2. The van der Waals surface area contributed by atoms with E-state index in [9.17, 15) is 0 Å². The van der Waals surface area contributed by atoms with Gasteiger partial charge >= 0.3 is 0 Å². The van der Waals surface area contributed by atoms with Crippen LogP contribution in [0.4, 0.5) is 0 Å². The Hall–Kier alpha value is -0.700. The monoisotopic (exact) mass is 330 g/mol. The predicted octanol–water partition coefficient (Wildman–Crippen LogP) is 5.33. The molecule has 4 heteroatoms. The molecule has 0 fully saturated rings. The Balaban J connectivity index is 2.10. The van der Waals surface area contributed by atoms with Gasteiger partial charge < -0.3 is 4.74 Å². The summed E-state index contributed by atoms with van der Waals surface area (Å²) in [5, 5.41) is 1.24. The Bertz CT molecular complexity index is 491. The summed E-state index contributed by atoms with van der Waals surface area (Å²) in [6, 6.07) is 13.0. The summed E-state index contributed by atoms with van der Waals surface area (Å²) in [6.45, 7) is 0.361. The second kappa shape index (κ2) is 5.76. The molecule has 2 rings (SSSR count). The Labute approximate surface area is 118 Å². The van der Waals surface area contributed by atoms with Gasteiger partial charge in [0.15, 0.2) is 0 Å². The Morgan fingerprint density at radius 3 is 2.12 bits per heavy atom. The molecule has 0 atom stereocenters. The quantitative estimate of drug-likeness (QED) is 0.738. The molecule has 0 aliphatic rings. The lowest BCUT2D eigenvalue weighted by Crippen LogP contribution is -1.97. The standard InChI is InChI=1S/C13H9BrCl2O/c14-9-4-6-10(7-5-9)17-8-11-12(15)2-1-3-13(11)16/h1-7H,8H2. The molecular weight excluding hydrogens is 323 g/mol. The van der Waals surface area contributed by atoms with E-state index < -0.39 is 0 Å². The van der Waals surface area contributed by atoms with E-state index in [1.807, 2.05) is 30.3 Å². The highest BCUT2D eigenvalue weighted by Crippen LogP contribution is 2.26. The van der Waals surface area contributed by atoms with Crippen LogP contribution in [0.3, 0.4) is 0 Å². The van der Waals surface area contributed by atoms with Gasteiger partial charge in [0, 0.05) is 20.1 Å². The summed E-state index contributed by atoms with van der Waals surface area (Å²) < 4.78 is 6.63. The van der Waals surface area contributed by atoms with Gasteiger partial charge in [-0.2, -0.15) is 0 Å². The average molecular weight is 332 g/mol. The molecule has 2 aromatic rings. The van der Waals surface area contributed by atoms with Crippen LogP contribution in [0.25, 0.3) is 0 Å². The summed E-state index contributed by atoms with van der Waals surface area (Å²) in [7, 11) is 0. The van der Waals surface area contributed by atoms with Crippen molar-refractivity contribution < 1.29 is 4.74 Å². The van der Waals surface area contributed by atoms with Crippen LogP contribution >= 0.6 is 39.1 Å². The zero-order valence-electron chi connectivity index (χ0n) is 8.79. The first-order valence-corrected chi connectivity index (χ1v) is 6.53. The second-order valence-electron chi connectivity index (χ2n) is 3.44. The van der Waals surface area contributed by atoms with Crippen LogP contribution in [-0.4, -0.2) is 0 Å². The largest absolute Gasteiger partial charge is 0.489 e. The fraction of sp³-hybridized carbons (Fsp3) is 0.0769. The number of hydrogen-bond donors (Lipinski definition) is 0. The number of hydrogen-bond acceptors (Lipinski definition) is 1. The van der Waals surface area contributed by atoms with Crippen molar-refractivity contribution in [3.05, 3.63) is 62.5 Å². The SMILES string of the molecule is Clc1cccc(Cl)c1COc1ccc(Br)cc1. The highest BCUT2D eigenvalue weighted by Gasteiger charge is 2.05. The molecule has 0 aliphatic carbocycles. The van der Waals surface area contributed by atoms with Gasteiger partial charge in [0.1, 0.15) is 12.4 Å². The number of ether oxygens (including phenoxy) is 1. The van der Waals surface area contributed by atoms with E-state index in [1.54, 1.807) is 12.1 Å². The zero-order valence-corrected chi connectivity index (χ0v) is 11.9. The van der Waals surface area contributed by atoms with Crippen molar-refractivity contribution >= 4 is 39.1 Å². The van der Waals surface area contributed by atoms with E-state index in [0.29, 0.717) is 16.7 Å². The molecule has 1 nitrogen and oxygen atoms in total. The maximum atomic E-state index is 6.05. The fourth-order valence-corrected chi connectivity index (χ4v) is 2.13. The van der Waals surface area contributed by atoms with Crippen LogP contribution in [0.1, 0.15) is 5.56 Å². The Kier molecular flexibility index (Phi) is 4.32. The van der Waals surface area contributed by atoms with E-state index >= 15 is 0 Å². The molecule has 0 radical (unpaired) electrons. The second-order valence-corrected chi connectivity index (χ2v) is 5.17. The van der Waals surface area contributed by atoms with Crippen molar-refractivity contribution in [1.29, 1.82) is 0 Å². The zero-order chi connectivity index (χ0) is 12.3. The summed E-state index contributed by atoms with van der Waals surface area (Å²) in [5.74, 6) is 0.782. The van der Waals surface area contributed by atoms with Crippen LogP contribution in [0.5, 0.6) is 5.75 Å². The molecule has 0 saturated carbocycles. The average Bonchev–Trinajstić information content (AvgIpc) is 2.31. The number of rotatable bonds is 3. The fourth-order valence-electron chi connectivity index (χ4n) is 1.36. The van der Waals surface area contributed by atoms with Crippen LogP contribution in [0, 0.1) is 0 Å². The lowest BCUT2D eigenvalue weighted by molar-refractivity contribution is 0.306. The molecule has 0 unspecified atom stereocenters. The van der Waals surface area contributed by atoms with Gasteiger partial charge in [-0.05, 0) is 36.4 Å². The first-order valence-electron chi connectivity index (χ1n) is 4.98. The summed E-state index contributed by atoms with van der Waals surface area (Å²) in [4.78, 5) is 0. The van der Waals surface area contributed by atoms with Gasteiger partial charge in [0.2, 0.25) is 0 Å². The van der Waals surface area contributed by atoms with Gasteiger partial charge in [-0.3, -0.25) is 0 Å². The third-order valence-electron chi connectivity index (χ3n) is 2.26. The summed E-state index contributed by atoms with van der Waals surface area (Å²) in [5.41, 5.74) is 0.804. The molecule has 0 aliphatic heterocycles. The predicted molar refractivity (Wildman–Crippen MR) is 74.9 cm³/mol. The molecule has 0 N–H and O–H groups in total. The minimum absolute atomic E-state index is 0.361. The smallest absolute Gasteiger partial charge is 0.119 e. The van der Waals surface area contributed by atoms with Gasteiger partial charge in [0.05, 0.1) is 0 Å². The van der Waals surface area contributed by atoms with E-state index in [2.05, 4.69) is 15.9 Å². The number of halogens is 3. The highest BCUT2D eigenvalue weighted by molar-refractivity contribution is 9.10. The topological polar surface area (TPSA) is 9.23 Å². The van der Waals surface area contributed by atoms with E-state index in [1.165, 1.54) is 0 Å². The first-order chi connectivity index (χ1) is 8.16. The van der Waals surface area contributed by atoms with Crippen molar-refractivity contribution in [3.8, 4) is 5.75 Å². The van der Waals surface area contributed by atoms with E-state index in [0.717, 1.165) is 15.8 Å². The van der Waals surface area contributed by atoms with Crippen molar-refractivity contribution in [3.63, 3.8) is 0 Å². The first kappa shape index (κ1) is 12.7. The lowest BCUT2D eigenvalue weighted by Gasteiger charge is -2.09.